The van der Waals surface area contributed by atoms with Gasteiger partial charge in [0.05, 0.1) is 17.0 Å². The summed E-state index contributed by atoms with van der Waals surface area (Å²) in [4.78, 5) is 12.2. The molecular weight excluding hydrogens is 424 g/mol. The van der Waals surface area contributed by atoms with Gasteiger partial charge in [-0.2, -0.15) is 0 Å². The topological polar surface area (TPSA) is 87.0 Å². The highest BCUT2D eigenvalue weighted by Crippen LogP contribution is 2.67. The Morgan fingerprint density at radius 1 is 1.14 bits per heavy atom. The lowest BCUT2D eigenvalue weighted by Crippen LogP contribution is -2.61. The fourth-order valence-corrected chi connectivity index (χ4v) is 8.79. The van der Waals surface area contributed by atoms with E-state index in [1.165, 1.54) is 0 Å². The van der Waals surface area contributed by atoms with Crippen molar-refractivity contribution in [3.8, 4) is 0 Å². The van der Waals surface area contributed by atoms with Crippen LogP contribution in [0.15, 0.2) is 0 Å². The van der Waals surface area contributed by atoms with Crippen LogP contribution in [0.25, 0.3) is 0 Å². The maximum absolute atomic E-state index is 12.0. The average Bonchev–Trinajstić information content (AvgIpc) is 2.92. The van der Waals surface area contributed by atoms with Crippen molar-refractivity contribution in [1.82, 2.24) is 0 Å². The quantitative estimate of drug-likeness (QED) is 0.446. The third-order valence-electron chi connectivity index (χ3n) is 9.09. The monoisotopic (exact) mass is 458 g/mol. The Hall–Kier alpha value is -0.170. The van der Waals surface area contributed by atoms with E-state index in [2.05, 4.69) is 22.9 Å². The number of hydrogen-bond donors (Lipinski definition) is 3. The molecule has 4 unspecified atom stereocenters. The van der Waals surface area contributed by atoms with Crippen LogP contribution < -0.4 is 0 Å². The maximum Gasteiger partial charge on any atom is 0.305 e. The average molecular weight is 459 g/mol. The number of esters is 1. The molecule has 0 spiro atoms. The van der Waals surface area contributed by atoms with Crippen LogP contribution in [0.3, 0.4) is 0 Å². The molecule has 0 aliphatic heterocycles. The summed E-state index contributed by atoms with van der Waals surface area (Å²) in [5.41, 5.74) is -0.316. The standard InChI is InChI=1S/C22H35BrO5/c1-3-18(27)28-20-16(23)10-15-19-14(5-6-21(15,20)2)22(11-24)7-4-13(25)8-12(22)9-17(19)26/h12-17,19-20,24-26H,3-11H2,1-2H3/t12?,13-,14?,15?,16+,17-,19?,20-,21-,22+/m0/s1. The second-order valence-electron chi connectivity index (χ2n) is 10.2. The highest BCUT2D eigenvalue weighted by Gasteiger charge is 2.66. The number of hydrogen-bond acceptors (Lipinski definition) is 5. The minimum Gasteiger partial charge on any atom is -0.461 e. The van der Waals surface area contributed by atoms with Crippen molar-refractivity contribution in [1.29, 1.82) is 0 Å². The van der Waals surface area contributed by atoms with E-state index in [0.717, 1.165) is 32.1 Å². The molecule has 28 heavy (non-hydrogen) atoms. The molecule has 4 fully saturated rings. The highest BCUT2D eigenvalue weighted by molar-refractivity contribution is 9.09. The van der Waals surface area contributed by atoms with Crippen LogP contribution in [0.5, 0.6) is 0 Å². The highest BCUT2D eigenvalue weighted by atomic mass is 79.9. The number of aliphatic hydroxyl groups excluding tert-OH is 3. The molecule has 5 nitrogen and oxygen atoms in total. The molecule has 0 bridgehead atoms. The van der Waals surface area contributed by atoms with Crippen molar-refractivity contribution < 1.29 is 24.9 Å². The van der Waals surface area contributed by atoms with E-state index in [9.17, 15) is 20.1 Å². The molecule has 160 valence electrons. The van der Waals surface area contributed by atoms with E-state index >= 15 is 0 Å². The summed E-state index contributed by atoms with van der Waals surface area (Å²) in [5, 5.41) is 31.9. The van der Waals surface area contributed by atoms with Crippen molar-refractivity contribution in [2.24, 2.45) is 34.5 Å². The third kappa shape index (κ3) is 3.00. The smallest absolute Gasteiger partial charge is 0.305 e. The van der Waals surface area contributed by atoms with Gasteiger partial charge in [-0.05, 0) is 74.0 Å². The van der Waals surface area contributed by atoms with Crippen molar-refractivity contribution in [3.05, 3.63) is 0 Å². The molecule has 0 amide bonds. The van der Waals surface area contributed by atoms with Crippen molar-refractivity contribution in [2.45, 2.75) is 88.4 Å². The van der Waals surface area contributed by atoms with Gasteiger partial charge in [-0.3, -0.25) is 4.79 Å². The Kier molecular flexibility index (Phi) is 5.65. The van der Waals surface area contributed by atoms with Gasteiger partial charge in [-0.15, -0.1) is 0 Å². The molecule has 4 aliphatic carbocycles. The Morgan fingerprint density at radius 2 is 1.89 bits per heavy atom. The molecule has 0 heterocycles. The van der Waals surface area contributed by atoms with Gasteiger partial charge in [0.25, 0.3) is 0 Å². The molecule has 6 heteroatoms. The Balaban J connectivity index is 1.65. The second kappa shape index (κ2) is 7.51. The minimum absolute atomic E-state index is 0.111. The van der Waals surface area contributed by atoms with Crippen molar-refractivity contribution in [3.63, 3.8) is 0 Å². The first-order chi connectivity index (χ1) is 13.3. The van der Waals surface area contributed by atoms with Crippen LogP contribution >= 0.6 is 15.9 Å². The van der Waals surface area contributed by atoms with Crippen LogP contribution in [0, 0.1) is 34.5 Å². The summed E-state index contributed by atoms with van der Waals surface area (Å²) in [6.45, 7) is 4.20. The molecule has 4 aliphatic rings. The molecule has 0 aromatic carbocycles. The van der Waals surface area contributed by atoms with Gasteiger partial charge in [0.1, 0.15) is 6.10 Å². The van der Waals surface area contributed by atoms with Gasteiger partial charge in [0.2, 0.25) is 0 Å². The van der Waals surface area contributed by atoms with Crippen molar-refractivity contribution in [2.75, 3.05) is 6.61 Å². The van der Waals surface area contributed by atoms with Crippen LogP contribution in [-0.4, -0.2) is 51.0 Å². The van der Waals surface area contributed by atoms with E-state index in [0.29, 0.717) is 19.3 Å². The first-order valence-corrected chi connectivity index (χ1v) is 12.0. The summed E-state index contributed by atoms with van der Waals surface area (Å²) >= 11 is 3.79. The van der Waals surface area contributed by atoms with Crippen molar-refractivity contribution >= 4 is 21.9 Å². The second-order valence-corrected chi connectivity index (χ2v) is 11.3. The zero-order valence-corrected chi connectivity index (χ0v) is 18.6. The zero-order chi connectivity index (χ0) is 20.3. The first kappa shape index (κ1) is 21.1. The largest absolute Gasteiger partial charge is 0.461 e. The predicted octanol–water partition coefficient (Wildman–Crippen LogP) is 3.03. The lowest BCUT2D eigenvalue weighted by molar-refractivity contribution is -0.199. The number of aliphatic hydroxyl groups is 3. The summed E-state index contributed by atoms with van der Waals surface area (Å²) in [6.07, 6.45) is 5.24. The Morgan fingerprint density at radius 3 is 2.57 bits per heavy atom. The van der Waals surface area contributed by atoms with E-state index in [1.807, 2.05) is 6.92 Å². The van der Waals surface area contributed by atoms with Gasteiger partial charge in [-0.25, -0.2) is 0 Å². The Bertz CT molecular complexity index is 614. The molecule has 0 aromatic heterocycles. The number of fused-ring (bicyclic) bond motifs is 5. The SMILES string of the molecule is CCC(=O)O[C@H]1[C@H](Br)CC2C3C(CC[C@@]21C)[C@@]1(CO)CC[C@H](O)CC1C[C@@H]3O. The predicted molar refractivity (Wildman–Crippen MR) is 109 cm³/mol. The minimum atomic E-state index is -0.412. The van der Waals surface area contributed by atoms with Gasteiger partial charge in [0.15, 0.2) is 0 Å². The van der Waals surface area contributed by atoms with Gasteiger partial charge < -0.3 is 20.1 Å². The van der Waals surface area contributed by atoms with Gasteiger partial charge >= 0.3 is 5.97 Å². The summed E-state index contributed by atoms with van der Waals surface area (Å²) in [5.74, 6) is 0.712. The number of rotatable bonds is 3. The van der Waals surface area contributed by atoms with Crippen LogP contribution in [0.2, 0.25) is 0 Å². The van der Waals surface area contributed by atoms with E-state index in [-0.39, 0.29) is 64.1 Å². The Labute approximate surface area is 176 Å². The first-order valence-electron chi connectivity index (χ1n) is 11.1. The number of carbonyl (C=O) groups is 1. The molecule has 10 atom stereocenters. The van der Waals surface area contributed by atoms with E-state index in [4.69, 9.17) is 4.74 Å². The van der Waals surface area contributed by atoms with Crippen LogP contribution in [0.4, 0.5) is 0 Å². The number of carbonyl (C=O) groups excluding carboxylic acids is 1. The maximum atomic E-state index is 12.0. The fourth-order valence-electron chi connectivity index (χ4n) is 7.68. The molecule has 0 aromatic rings. The molecule has 0 radical (unpaired) electrons. The van der Waals surface area contributed by atoms with Crippen LogP contribution in [-0.2, 0) is 9.53 Å². The lowest BCUT2D eigenvalue weighted by Gasteiger charge is -2.62. The summed E-state index contributed by atoms with van der Waals surface area (Å²) in [7, 11) is 0. The van der Waals surface area contributed by atoms with E-state index < -0.39 is 6.10 Å². The molecular formula is C22H35BrO5. The molecule has 0 saturated heterocycles. The number of alkyl halides is 1. The zero-order valence-electron chi connectivity index (χ0n) is 17.0. The normalized spacial score (nSPS) is 53.1. The number of ether oxygens (including phenoxy) is 1. The van der Waals surface area contributed by atoms with Gasteiger partial charge in [0, 0.05) is 18.4 Å². The van der Waals surface area contributed by atoms with Crippen LogP contribution in [0.1, 0.15) is 65.2 Å². The third-order valence-corrected chi connectivity index (χ3v) is 9.94. The number of halogens is 1. The molecule has 4 saturated carbocycles. The van der Waals surface area contributed by atoms with Gasteiger partial charge in [-0.1, -0.05) is 29.8 Å². The lowest BCUT2D eigenvalue weighted by atomic mass is 9.44. The molecule has 3 N–H and O–H groups in total. The fraction of sp³-hybridized carbons (Fsp3) is 0.955. The summed E-state index contributed by atoms with van der Waals surface area (Å²) < 4.78 is 5.88. The summed E-state index contributed by atoms with van der Waals surface area (Å²) in [6, 6.07) is 0. The van der Waals surface area contributed by atoms with E-state index in [1.54, 1.807) is 0 Å². The molecule has 4 rings (SSSR count).